The first-order chi connectivity index (χ1) is 12.3. The van der Waals surface area contributed by atoms with Crippen molar-refractivity contribution in [2.75, 3.05) is 25.5 Å². The Balaban J connectivity index is 1.79. The van der Waals surface area contributed by atoms with Crippen LogP contribution in [0.3, 0.4) is 0 Å². The SMILES string of the molecule is Cc1ccc(NC(=O)CN(C)C(=O)CN[C@H](C)c2cccc(Cl)c2)cc1. The van der Waals surface area contributed by atoms with Gasteiger partial charge in [0, 0.05) is 23.8 Å². The molecule has 0 fully saturated rings. The molecule has 5 nitrogen and oxygen atoms in total. The number of anilines is 1. The van der Waals surface area contributed by atoms with E-state index in [1.807, 2.05) is 62.4 Å². The zero-order valence-electron chi connectivity index (χ0n) is 15.3. The Bertz CT molecular complexity index is 762. The van der Waals surface area contributed by atoms with Crippen molar-refractivity contribution in [2.45, 2.75) is 19.9 Å². The molecular formula is C20H24ClN3O2. The molecule has 0 aromatic heterocycles. The van der Waals surface area contributed by atoms with Gasteiger partial charge in [-0.25, -0.2) is 0 Å². The molecule has 0 aliphatic rings. The molecule has 2 aromatic carbocycles. The summed E-state index contributed by atoms with van der Waals surface area (Å²) in [5.41, 5.74) is 2.84. The van der Waals surface area contributed by atoms with Crippen molar-refractivity contribution in [1.29, 1.82) is 0 Å². The number of hydrogen-bond donors (Lipinski definition) is 2. The summed E-state index contributed by atoms with van der Waals surface area (Å²) in [6, 6.07) is 15.0. The van der Waals surface area contributed by atoms with Crippen LogP contribution in [-0.4, -0.2) is 36.9 Å². The number of carbonyl (C=O) groups excluding carboxylic acids is 2. The quantitative estimate of drug-likeness (QED) is 0.782. The third-order valence-electron chi connectivity index (χ3n) is 4.05. The number of hydrogen-bond acceptors (Lipinski definition) is 3. The van der Waals surface area contributed by atoms with Crippen molar-refractivity contribution in [2.24, 2.45) is 0 Å². The number of rotatable bonds is 7. The number of aryl methyl sites for hydroxylation is 1. The van der Waals surface area contributed by atoms with Gasteiger partial charge in [0.05, 0.1) is 13.1 Å². The van der Waals surface area contributed by atoms with Crippen molar-refractivity contribution in [3.05, 3.63) is 64.7 Å². The molecule has 138 valence electrons. The van der Waals surface area contributed by atoms with Gasteiger partial charge in [-0.2, -0.15) is 0 Å². The van der Waals surface area contributed by atoms with Crippen molar-refractivity contribution in [3.8, 4) is 0 Å². The smallest absolute Gasteiger partial charge is 0.243 e. The fourth-order valence-electron chi connectivity index (χ4n) is 2.41. The van der Waals surface area contributed by atoms with Gasteiger partial charge in [-0.3, -0.25) is 9.59 Å². The molecule has 0 bridgehead atoms. The Labute approximate surface area is 159 Å². The largest absolute Gasteiger partial charge is 0.335 e. The monoisotopic (exact) mass is 373 g/mol. The number of benzene rings is 2. The lowest BCUT2D eigenvalue weighted by Gasteiger charge is -2.19. The minimum atomic E-state index is -0.229. The molecular weight excluding hydrogens is 350 g/mol. The standard InChI is InChI=1S/C20H24ClN3O2/c1-14-7-9-18(10-8-14)23-19(25)13-24(3)20(26)12-22-15(2)16-5-4-6-17(21)11-16/h4-11,15,22H,12-13H2,1-3H3,(H,23,25)/t15-/m1/s1. The fourth-order valence-corrected chi connectivity index (χ4v) is 2.61. The van der Waals surface area contributed by atoms with Gasteiger partial charge in [0.2, 0.25) is 11.8 Å². The van der Waals surface area contributed by atoms with Crippen molar-refractivity contribution in [3.63, 3.8) is 0 Å². The third-order valence-corrected chi connectivity index (χ3v) is 4.29. The van der Waals surface area contributed by atoms with E-state index < -0.39 is 0 Å². The molecule has 2 N–H and O–H groups in total. The highest BCUT2D eigenvalue weighted by molar-refractivity contribution is 6.30. The van der Waals surface area contributed by atoms with Gasteiger partial charge in [0.1, 0.15) is 0 Å². The molecule has 0 heterocycles. The van der Waals surface area contributed by atoms with E-state index >= 15 is 0 Å². The van der Waals surface area contributed by atoms with Crippen LogP contribution < -0.4 is 10.6 Å². The lowest BCUT2D eigenvalue weighted by molar-refractivity contribution is -0.132. The number of nitrogens with one attached hydrogen (secondary N) is 2. The molecule has 2 aromatic rings. The van der Waals surface area contributed by atoms with Crippen LogP contribution in [0.25, 0.3) is 0 Å². The van der Waals surface area contributed by atoms with E-state index in [1.165, 1.54) is 4.90 Å². The molecule has 0 saturated carbocycles. The Morgan fingerprint density at radius 2 is 1.85 bits per heavy atom. The molecule has 6 heteroatoms. The van der Waals surface area contributed by atoms with E-state index in [1.54, 1.807) is 7.05 Å². The molecule has 0 saturated heterocycles. The molecule has 0 aliphatic heterocycles. The second-order valence-electron chi connectivity index (χ2n) is 6.32. The number of carbonyl (C=O) groups is 2. The Morgan fingerprint density at radius 1 is 1.15 bits per heavy atom. The van der Waals surface area contributed by atoms with Crippen LogP contribution in [0.5, 0.6) is 0 Å². The summed E-state index contributed by atoms with van der Waals surface area (Å²) in [5.74, 6) is -0.384. The molecule has 0 unspecified atom stereocenters. The lowest BCUT2D eigenvalue weighted by Crippen LogP contribution is -2.40. The van der Waals surface area contributed by atoms with Crippen LogP contribution in [0.4, 0.5) is 5.69 Å². The van der Waals surface area contributed by atoms with Gasteiger partial charge in [0.25, 0.3) is 0 Å². The van der Waals surface area contributed by atoms with E-state index in [0.717, 1.165) is 11.1 Å². The number of nitrogens with zero attached hydrogens (tertiary/aromatic N) is 1. The Kier molecular flexibility index (Phi) is 7.18. The maximum absolute atomic E-state index is 12.2. The van der Waals surface area contributed by atoms with E-state index in [0.29, 0.717) is 10.7 Å². The second-order valence-corrected chi connectivity index (χ2v) is 6.76. The first-order valence-electron chi connectivity index (χ1n) is 8.44. The van der Waals surface area contributed by atoms with Crippen LogP contribution in [0.2, 0.25) is 5.02 Å². The predicted molar refractivity (Wildman–Crippen MR) is 105 cm³/mol. The summed E-state index contributed by atoms with van der Waals surface area (Å²) in [6.07, 6.45) is 0. The molecule has 2 rings (SSSR count). The Morgan fingerprint density at radius 3 is 2.50 bits per heavy atom. The summed E-state index contributed by atoms with van der Waals surface area (Å²) < 4.78 is 0. The topological polar surface area (TPSA) is 61.4 Å². The van der Waals surface area contributed by atoms with Gasteiger partial charge in [-0.1, -0.05) is 41.4 Å². The van der Waals surface area contributed by atoms with Crippen LogP contribution >= 0.6 is 11.6 Å². The predicted octanol–water partition coefficient (Wildman–Crippen LogP) is 3.40. The highest BCUT2D eigenvalue weighted by Gasteiger charge is 2.14. The number of likely N-dealkylation sites (N-methyl/N-ethyl adjacent to an activating group) is 1. The van der Waals surface area contributed by atoms with E-state index in [9.17, 15) is 9.59 Å². The van der Waals surface area contributed by atoms with E-state index in [2.05, 4.69) is 10.6 Å². The molecule has 26 heavy (non-hydrogen) atoms. The van der Waals surface area contributed by atoms with Crippen LogP contribution in [-0.2, 0) is 9.59 Å². The van der Waals surface area contributed by atoms with Gasteiger partial charge >= 0.3 is 0 Å². The first-order valence-corrected chi connectivity index (χ1v) is 8.82. The van der Waals surface area contributed by atoms with Crippen LogP contribution in [0.15, 0.2) is 48.5 Å². The maximum atomic E-state index is 12.2. The number of halogens is 1. The fraction of sp³-hybridized carbons (Fsp3) is 0.300. The minimum Gasteiger partial charge on any atom is -0.335 e. The Hall–Kier alpha value is -2.37. The molecule has 2 amide bonds. The molecule has 0 spiro atoms. The average Bonchev–Trinajstić information content (AvgIpc) is 2.61. The van der Waals surface area contributed by atoms with Gasteiger partial charge in [-0.15, -0.1) is 0 Å². The summed E-state index contributed by atoms with van der Waals surface area (Å²) in [4.78, 5) is 25.7. The van der Waals surface area contributed by atoms with Crippen LogP contribution in [0, 0.1) is 6.92 Å². The number of amides is 2. The normalized spacial score (nSPS) is 11.7. The summed E-state index contributed by atoms with van der Waals surface area (Å²) >= 11 is 5.99. The third kappa shape index (κ3) is 6.17. The van der Waals surface area contributed by atoms with Gasteiger partial charge in [-0.05, 0) is 43.7 Å². The maximum Gasteiger partial charge on any atom is 0.243 e. The van der Waals surface area contributed by atoms with Gasteiger partial charge in [0.15, 0.2) is 0 Å². The van der Waals surface area contributed by atoms with Gasteiger partial charge < -0.3 is 15.5 Å². The zero-order chi connectivity index (χ0) is 19.1. The lowest BCUT2D eigenvalue weighted by atomic mass is 10.1. The molecule has 0 aliphatic carbocycles. The summed E-state index contributed by atoms with van der Waals surface area (Å²) in [6.45, 7) is 4.08. The first kappa shape index (κ1) is 19.9. The highest BCUT2D eigenvalue weighted by Crippen LogP contribution is 2.17. The van der Waals surface area contributed by atoms with Crippen molar-refractivity contribution >= 4 is 29.1 Å². The van der Waals surface area contributed by atoms with Crippen molar-refractivity contribution < 1.29 is 9.59 Å². The average molecular weight is 374 g/mol. The minimum absolute atomic E-state index is 0.0000636. The second kappa shape index (κ2) is 9.36. The zero-order valence-corrected chi connectivity index (χ0v) is 16.0. The van der Waals surface area contributed by atoms with Crippen LogP contribution in [0.1, 0.15) is 24.1 Å². The molecule has 1 atom stereocenters. The summed E-state index contributed by atoms with van der Waals surface area (Å²) in [5, 5.41) is 6.60. The van der Waals surface area contributed by atoms with Crippen molar-refractivity contribution in [1.82, 2.24) is 10.2 Å². The van der Waals surface area contributed by atoms with E-state index in [-0.39, 0.29) is 30.9 Å². The molecule has 0 radical (unpaired) electrons. The van der Waals surface area contributed by atoms with E-state index in [4.69, 9.17) is 11.6 Å². The highest BCUT2D eigenvalue weighted by atomic mass is 35.5. The summed E-state index contributed by atoms with van der Waals surface area (Å²) in [7, 11) is 1.61.